The number of nitrogens with zero attached hydrogens (tertiary/aromatic N) is 1. The standard InChI is InChI=1S/C26H36F2N2S/c1-26(2,3)14-15-29-24-12-16-30(17-13-24)18-19-31-25(20-4-8-22(27)9-5-20)21-6-10-23(28)11-7-21/h4-11,24-25,29H,12-19H2,1-3H3. The first-order valence-electron chi connectivity index (χ1n) is 11.4. The average molecular weight is 447 g/mol. The van der Waals surface area contributed by atoms with Gasteiger partial charge >= 0.3 is 0 Å². The van der Waals surface area contributed by atoms with E-state index < -0.39 is 0 Å². The molecule has 0 saturated carbocycles. The minimum Gasteiger partial charge on any atom is -0.314 e. The smallest absolute Gasteiger partial charge is 0.123 e. The molecule has 0 atom stereocenters. The van der Waals surface area contributed by atoms with E-state index in [1.807, 2.05) is 36.0 Å². The van der Waals surface area contributed by atoms with E-state index >= 15 is 0 Å². The van der Waals surface area contributed by atoms with Crippen molar-refractivity contribution in [2.45, 2.75) is 51.3 Å². The van der Waals surface area contributed by atoms with E-state index in [0.717, 1.165) is 43.1 Å². The molecule has 5 heteroatoms. The van der Waals surface area contributed by atoms with Gasteiger partial charge in [0.15, 0.2) is 0 Å². The molecule has 0 radical (unpaired) electrons. The number of hydrogen-bond acceptors (Lipinski definition) is 3. The highest BCUT2D eigenvalue weighted by Crippen LogP contribution is 2.36. The molecule has 1 N–H and O–H groups in total. The van der Waals surface area contributed by atoms with Crippen molar-refractivity contribution in [3.8, 4) is 0 Å². The Kier molecular flexibility index (Phi) is 8.94. The van der Waals surface area contributed by atoms with E-state index in [1.165, 1.54) is 43.5 Å². The van der Waals surface area contributed by atoms with Crippen LogP contribution in [0.15, 0.2) is 48.5 Å². The van der Waals surface area contributed by atoms with Crippen LogP contribution in [0.5, 0.6) is 0 Å². The average Bonchev–Trinajstić information content (AvgIpc) is 2.73. The number of nitrogens with one attached hydrogen (secondary N) is 1. The van der Waals surface area contributed by atoms with Crippen LogP contribution in [0, 0.1) is 17.0 Å². The topological polar surface area (TPSA) is 15.3 Å². The number of rotatable bonds is 9. The first-order chi connectivity index (χ1) is 14.8. The van der Waals surface area contributed by atoms with Gasteiger partial charge in [0.1, 0.15) is 11.6 Å². The molecule has 1 fully saturated rings. The third-order valence-corrected chi connectivity index (χ3v) is 7.23. The third-order valence-electron chi connectivity index (χ3n) is 5.93. The van der Waals surface area contributed by atoms with Crippen LogP contribution in [0.25, 0.3) is 0 Å². The summed E-state index contributed by atoms with van der Waals surface area (Å²) in [5.41, 5.74) is 2.50. The lowest BCUT2D eigenvalue weighted by molar-refractivity contribution is 0.204. The first-order valence-corrected chi connectivity index (χ1v) is 12.4. The van der Waals surface area contributed by atoms with Gasteiger partial charge in [0, 0.05) is 18.3 Å². The van der Waals surface area contributed by atoms with Gasteiger partial charge in [0.25, 0.3) is 0 Å². The highest BCUT2D eigenvalue weighted by molar-refractivity contribution is 7.99. The van der Waals surface area contributed by atoms with Gasteiger partial charge in [-0.05, 0) is 79.7 Å². The van der Waals surface area contributed by atoms with Crippen LogP contribution < -0.4 is 5.32 Å². The zero-order valence-corrected chi connectivity index (χ0v) is 19.9. The fourth-order valence-corrected chi connectivity index (χ4v) is 5.27. The molecule has 0 unspecified atom stereocenters. The van der Waals surface area contributed by atoms with Crippen molar-refractivity contribution in [1.29, 1.82) is 0 Å². The molecule has 31 heavy (non-hydrogen) atoms. The van der Waals surface area contributed by atoms with E-state index in [0.29, 0.717) is 11.5 Å². The Balaban J connectivity index is 1.48. The number of piperidine rings is 1. The molecule has 1 heterocycles. The van der Waals surface area contributed by atoms with Crippen LogP contribution in [0.1, 0.15) is 56.4 Å². The molecule has 3 rings (SSSR count). The molecule has 0 bridgehead atoms. The monoisotopic (exact) mass is 446 g/mol. The second-order valence-corrected chi connectivity index (χ2v) is 10.9. The summed E-state index contributed by atoms with van der Waals surface area (Å²) in [6, 6.07) is 14.0. The fraction of sp³-hybridized carbons (Fsp3) is 0.538. The van der Waals surface area contributed by atoms with Crippen molar-refractivity contribution in [1.82, 2.24) is 10.2 Å². The number of likely N-dealkylation sites (tertiary alicyclic amines) is 1. The quantitative estimate of drug-likeness (QED) is 0.488. The van der Waals surface area contributed by atoms with Crippen molar-refractivity contribution in [2.75, 3.05) is 31.9 Å². The van der Waals surface area contributed by atoms with Crippen molar-refractivity contribution >= 4 is 11.8 Å². The summed E-state index contributed by atoms with van der Waals surface area (Å²) >= 11 is 1.85. The number of hydrogen-bond donors (Lipinski definition) is 1. The van der Waals surface area contributed by atoms with Gasteiger partial charge in [0.05, 0.1) is 5.25 Å². The Morgan fingerprint density at radius 3 is 1.94 bits per heavy atom. The maximum Gasteiger partial charge on any atom is 0.123 e. The maximum absolute atomic E-state index is 13.4. The second kappa shape index (κ2) is 11.4. The number of thioether (sulfide) groups is 1. The van der Waals surface area contributed by atoms with Crippen molar-refractivity contribution < 1.29 is 8.78 Å². The normalized spacial score (nSPS) is 16.2. The summed E-state index contributed by atoms with van der Waals surface area (Å²) in [6.07, 6.45) is 3.61. The molecule has 1 aliphatic rings. The van der Waals surface area contributed by atoms with Crippen LogP contribution in [0.3, 0.4) is 0 Å². The SMILES string of the molecule is CC(C)(C)CCNC1CCN(CCSC(c2ccc(F)cc2)c2ccc(F)cc2)CC1. The van der Waals surface area contributed by atoms with Crippen LogP contribution >= 0.6 is 11.8 Å². The van der Waals surface area contributed by atoms with E-state index in [1.54, 1.807) is 0 Å². The zero-order chi connectivity index (χ0) is 22.3. The molecule has 1 saturated heterocycles. The summed E-state index contributed by atoms with van der Waals surface area (Å²) in [5.74, 6) is 0.526. The van der Waals surface area contributed by atoms with Crippen molar-refractivity contribution in [2.24, 2.45) is 5.41 Å². The summed E-state index contributed by atoms with van der Waals surface area (Å²) in [7, 11) is 0. The van der Waals surface area contributed by atoms with Crippen molar-refractivity contribution in [3.05, 3.63) is 71.3 Å². The van der Waals surface area contributed by atoms with Gasteiger partial charge in [-0.2, -0.15) is 0 Å². The molecule has 0 amide bonds. The van der Waals surface area contributed by atoms with Gasteiger partial charge in [-0.25, -0.2) is 8.78 Å². The van der Waals surface area contributed by atoms with E-state index in [9.17, 15) is 8.78 Å². The van der Waals surface area contributed by atoms with E-state index in [-0.39, 0.29) is 16.9 Å². The second-order valence-electron chi connectivity index (χ2n) is 9.73. The molecule has 0 aromatic heterocycles. The van der Waals surface area contributed by atoms with Crippen LogP contribution in [0.4, 0.5) is 8.78 Å². The number of halogens is 2. The van der Waals surface area contributed by atoms with E-state index in [2.05, 4.69) is 31.0 Å². The summed E-state index contributed by atoms with van der Waals surface area (Å²) < 4.78 is 26.8. The van der Waals surface area contributed by atoms with Gasteiger partial charge in [-0.3, -0.25) is 0 Å². The molecular weight excluding hydrogens is 410 g/mol. The summed E-state index contributed by atoms with van der Waals surface area (Å²) in [4.78, 5) is 2.54. The molecule has 170 valence electrons. The summed E-state index contributed by atoms with van der Waals surface area (Å²) in [5, 5.41) is 3.81. The number of benzene rings is 2. The van der Waals surface area contributed by atoms with Gasteiger partial charge in [0.2, 0.25) is 0 Å². The minimum absolute atomic E-state index is 0.0813. The molecular formula is C26H36F2N2S. The van der Waals surface area contributed by atoms with Crippen LogP contribution in [-0.2, 0) is 0 Å². The first kappa shape index (κ1) is 24.2. The van der Waals surface area contributed by atoms with Crippen molar-refractivity contribution in [3.63, 3.8) is 0 Å². The molecule has 2 aromatic carbocycles. The predicted octanol–water partition coefficient (Wildman–Crippen LogP) is 6.28. The van der Waals surface area contributed by atoms with Gasteiger partial charge in [-0.1, -0.05) is 45.0 Å². The fourth-order valence-electron chi connectivity index (χ4n) is 3.97. The highest BCUT2D eigenvalue weighted by atomic mass is 32.2. The van der Waals surface area contributed by atoms with Crippen LogP contribution in [0.2, 0.25) is 0 Å². The minimum atomic E-state index is -0.231. The highest BCUT2D eigenvalue weighted by Gasteiger charge is 2.21. The predicted molar refractivity (Wildman–Crippen MR) is 129 cm³/mol. The maximum atomic E-state index is 13.4. The third kappa shape index (κ3) is 8.21. The Morgan fingerprint density at radius 2 is 1.45 bits per heavy atom. The Morgan fingerprint density at radius 1 is 0.935 bits per heavy atom. The summed E-state index contributed by atoms with van der Waals surface area (Å²) in [6.45, 7) is 11.3. The Bertz CT molecular complexity index is 733. The molecule has 1 aliphatic heterocycles. The van der Waals surface area contributed by atoms with Gasteiger partial charge < -0.3 is 10.2 Å². The lowest BCUT2D eigenvalue weighted by Crippen LogP contribution is -2.43. The molecule has 0 spiro atoms. The largest absolute Gasteiger partial charge is 0.314 e. The Labute approximate surface area is 190 Å². The lowest BCUT2D eigenvalue weighted by Gasteiger charge is -2.33. The van der Waals surface area contributed by atoms with Gasteiger partial charge in [-0.15, -0.1) is 11.8 Å². The zero-order valence-electron chi connectivity index (χ0n) is 19.0. The molecule has 2 nitrogen and oxygen atoms in total. The molecule has 2 aromatic rings. The molecule has 0 aliphatic carbocycles. The van der Waals surface area contributed by atoms with E-state index in [4.69, 9.17) is 0 Å². The Hall–Kier alpha value is -1.43. The lowest BCUT2D eigenvalue weighted by atomic mass is 9.92. The van der Waals surface area contributed by atoms with Crippen LogP contribution in [-0.4, -0.2) is 42.9 Å².